The van der Waals surface area contributed by atoms with Gasteiger partial charge >= 0.3 is 6.09 Å². The lowest BCUT2D eigenvalue weighted by Gasteiger charge is -2.16. The quantitative estimate of drug-likeness (QED) is 0.823. The van der Waals surface area contributed by atoms with Crippen LogP contribution in [0.2, 0.25) is 0 Å². The average Bonchev–Trinajstić information content (AvgIpc) is 2.64. The molecule has 4 nitrogen and oxygen atoms in total. The minimum atomic E-state index is -0.302. The van der Waals surface area contributed by atoms with E-state index in [0.717, 1.165) is 11.3 Å². The lowest BCUT2D eigenvalue weighted by molar-refractivity contribution is 0.145. The van der Waals surface area contributed by atoms with Crippen LogP contribution in [0.4, 0.5) is 10.5 Å². The molecule has 1 aromatic carbocycles. The number of carbonyl (C=O) groups is 1. The molecule has 2 N–H and O–H groups in total. The predicted molar refractivity (Wildman–Crippen MR) is 62.6 cm³/mol. The Morgan fingerprint density at radius 1 is 1.50 bits per heavy atom. The van der Waals surface area contributed by atoms with Crippen molar-refractivity contribution in [3.63, 3.8) is 0 Å². The summed E-state index contributed by atoms with van der Waals surface area (Å²) >= 11 is 0. The first kappa shape index (κ1) is 11.0. The Morgan fingerprint density at radius 3 is 2.88 bits per heavy atom. The van der Waals surface area contributed by atoms with Crippen LogP contribution in [0.5, 0.6) is 0 Å². The Labute approximate surface area is 95.0 Å². The van der Waals surface area contributed by atoms with E-state index in [0.29, 0.717) is 13.1 Å². The first-order chi connectivity index (χ1) is 7.63. The molecule has 0 bridgehead atoms. The summed E-state index contributed by atoms with van der Waals surface area (Å²) in [5.41, 5.74) is 8.69. The molecule has 1 aromatic rings. The van der Waals surface area contributed by atoms with Gasteiger partial charge in [-0.3, -0.25) is 4.90 Å². The predicted octanol–water partition coefficient (Wildman–Crippen LogP) is 1.59. The van der Waals surface area contributed by atoms with Gasteiger partial charge < -0.3 is 10.5 Å². The minimum Gasteiger partial charge on any atom is -0.443 e. The van der Waals surface area contributed by atoms with Gasteiger partial charge in [0.15, 0.2) is 0 Å². The largest absolute Gasteiger partial charge is 0.443 e. The molecule has 16 heavy (non-hydrogen) atoms. The number of aryl methyl sites for hydroxylation is 1. The fourth-order valence-electron chi connectivity index (χ4n) is 1.87. The highest BCUT2D eigenvalue weighted by molar-refractivity contribution is 5.90. The van der Waals surface area contributed by atoms with Crippen molar-refractivity contribution < 1.29 is 9.53 Å². The number of benzene rings is 1. The average molecular weight is 220 g/mol. The molecule has 4 heteroatoms. The van der Waals surface area contributed by atoms with Crippen LogP contribution in [-0.2, 0) is 4.74 Å². The van der Waals surface area contributed by atoms with E-state index in [1.807, 2.05) is 32.0 Å². The summed E-state index contributed by atoms with van der Waals surface area (Å²) in [4.78, 5) is 13.3. The molecule has 0 saturated carbocycles. The zero-order chi connectivity index (χ0) is 11.7. The number of ether oxygens (including phenoxy) is 1. The summed E-state index contributed by atoms with van der Waals surface area (Å²) in [6, 6.07) is 5.91. The van der Waals surface area contributed by atoms with E-state index in [2.05, 4.69) is 0 Å². The molecule has 1 fully saturated rings. The first-order valence-electron chi connectivity index (χ1n) is 5.38. The fraction of sp³-hybridized carbons (Fsp3) is 0.417. The third-order valence-corrected chi connectivity index (χ3v) is 3.00. The lowest BCUT2D eigenvalue weighted by atomic mass is 10.1. The SMILES string of the molecule is Cc1cccc(N2CC(CN)OC2=O)c1C. The van der Waals surface area contributed by atoms with E-state index in [1.165, 1.54) is 5.56 Å². The molecule has 1 heterocycles. The van der Waals surface area contributed by atoms with Crippen molar-refractivity contribution in [1.82, 2.24) is 0 Å². The fourth-order valence-corrected chi connectivity index (χ4v) is 1.87. The van der Waals surface area contributed by atoms with Crippen molar-refractivity contribution in [2.45, 2.75) is 20.0 Å². The number of cyclic esters (lactones) is 1. The van der Waals surface area contributed by atoms with E-state index in [4.69, 9.17) is 10.5 Å². The van der Waals surface area contributed by atoms with Crippen LogP contribution in [0.25, 0.3) is 0 Å². The summed E-state index contributed by atoms with van der Waals surface area (Å²) < 4.78 is 5.13. The summed E-state index contributed by atoms with van der Waals surface area (Å²) in [7, 11) is 0. The van der Waals surface area contributed by atoms with Crippen LogP contribution in [0.15, 0.2) is 18.2 Å². The summed E-state index contributed by atoms with van der Waals surface area (Å²) in [5, 5.41) is 0. The molecule has 1 atom stereocenters. The Morgan fingerprint density at radius 2 is 2.25 bits per heavy atom. The molecule has 0 aliphatic carbocycles. The number of carbonyl (C=O) groups excluding carboxylic acids is 1. The highest BCUT2D eigenvalue weighted by Crippen LogP contribution is 2.26. The smallest absolute Gasteiger partial charge is 0.414 e. The maximum Gasteiger partial charge on any atom is 0.414 e. The minimum absolute atomic E-state index is 0.188. The van der Waals surface area contributed by atoms with Gasteiger partial charge in [0.1, 0.15) is 6.10 Å². The van der Waals surface area contributed by atoms with E-state index in [9.17, 15) is 4.79 Å². The molecular formula is C12H16N2O2. The van der Waals surface area contributed by atoms with Crippen LogP contribution >= 0.6 is 0 Å². The van der Waals surface area contributed by atoms with Crippen LogP contribution in [0.1, 0.15) is 11.1 Å². The normalized spacial score (nSPS) is 20.1. The van der Waals surface area contributed by atoms with Crippen molar-refractivity contribution in [2.75, 3.05) is 18.0 Å². The molecule has 0 spiro atoms. The number of hydrogen-bond acceptors (Lipinski definition) is 3. The van der Waals surface area contributed by atoms with E-state index in [1.54, 1.807) is 4.90 Å². The number of nitrogens with zero attached hydrogens (tertiary/aromatic N) is 1. The van der Waals surface area contributed by atoms with Gasteiger partial charge in [-0.1, -0.05) is 12.1 Å². The Balaban J connectivity index is 2.31. The van der Waals surface area contributed by atoms with E-state index in [-0.39, 0.29) is 12.2 Å². The van der Waals surface area contributed by atoms with Crippen molar-refractivity contribution in [2.24, 2.45) is 5.73 Å². The van der Waals surface area contributed by atoms with Gasteiger partial charge in [0, 0.05) is 6.54 Å². The molecule has 86 valence electrons. The number of nitrogens with two attached hydrogens (primary N) is 1. The Bertz CT molecular complexity index is 417. The maximum atomic E-state index is 11.7. The van der Waals surface area contributed by atoms with Crippen molar-refractivity contribution in [3.8, 4) is 0 Å². The number of amides is 1. The number of rotatable bonds is 2. The standard InChI is InChI=1S/C12H16N2O2/c1-8-4-3-5-11(9(8)2)14-7-10(6-13)16-12(14)15/h3-5,10H,6-7,13H2,1-2H3. The first-order valence-corrected chi connectivity index (χ1v) is 5.38. The molecule has 1 aliphatic rings. The van der Waals surface area contributed by atoms with Crippen LogP contribution in [0.3, 0.4) is 0 Å². The molecule has 1 amide bonds. The third-order valence-electron chi connectivity index (χ3n) is 3.00. The van der Waals surface area contributed by atoms with Gasteiger partial charge in [-0.15, -0.1) is 0 Å². The number of hydrogen-bond donors (Lipinski definition) is 1. The zero-order valence-corrected chi connectivity index (χ0v) is 9.56. The van der Waals surface area contributed by atoms with Crippen LogP contribution in [-0.4, -0.2) is 25.3 Å². The van der Waals surface area contributed by atoms with Gasteiger partial charge in [-0.25, -0.2) is 4.79 Å². The zero-order valence-electron chi connectivity index (χ0n) is 9.56. The molecular weight excluding hydrogens is 204 g/mol. The highest BCUT2D eigenvalue weighted by atomic mass is 16.6. The van der Waals surface area contributed by atoms with Crippen molar-refractivity contribution in [3.05, 3.63) is 29.3 Å². The summed E-state index contributed by atoms with van der Waals surface area (Å²) in [6.45, 7) is 4.95. The third kappa shape index (κ3) is 1.76. The van der Waals surface area contributed by atoms with Crippen molar-refractivity contribution in [1.29, 1.82) is 0 Å². The second-order valence-electron chi connectivity index (χ2n) is 4.07. The van der Waals surface area contributed by atoms with Gasteiger partial charge in [-0.05, 0) is 31.0 Å². The van der Waals surface area contributed by atoms with E-state index >= 15 is 0 Å². The summed E-state index contributed by atoms with van der Waals surface area (Å²) in [5.74, 6) is 0. The Hall–Kier alpha value is -1.55. The maximum absolute atomic E-state index is 11.7. The summed E-state index contributed by atoms with van der Waals surface area (Å²) in [6.07, 6.45) is -0.489. The van der Waals surface area contributed by atoms with Crippen molar-refractivity contribution >= 4 is 11.8 Å². The topological polar surface area (TPSA) is 55.6 Å². The number of anilines is 1. The highest BCUT2D eigenvalue weighted by Gasteiger charge is 2.32. The monoisotopic (exact) mass is 220 g/mol. The lowest BCUT2D eigenvalue weighted by Crippen LogP contribution is -2.28. The molecule has 1 unspecified atom stereocenters. The van der Waals surface area contributed by atoms with E-state index < -0.39 is 0 Å². The molecule has 1 saturated heterocycles. The second-order valence-corrected chi connectivity index (χ2v) is 4.07. The van der Waals surface area contributed by atoms with Gasteiger partial charge in [-0.2, -0.15) is 0 Å². The molecule has 0 radical (unpaired) electrons. The van der Waals surface area contributed by atoms with Crippen LogP contribution in [0, 0.1) is 13.8 Å². The molecule has 0 aromatic heterocycles. The van der Waals surface area contributed by atoms with Gasteiger partial charge in [0.25, 0.3) is 0 Å². The van der Waals surface area contributed by atoms with Crippen LogP contribution < -0.4 is 10.6 Å². The molecule has 1 aliphatic heterocycles. The molecule has 2 rings (SSSR count). The second kappa shape index (κ2) is 4.14. The Kier molecular flexibility index (Phi) is 2.83. The van der Waals surface area contributed by atoms with Gasteiger partial charge in [0.05, 0.1) is 12.2 Å². The van der Waals surface area contributed by atoms with Gasteiger partial charge in [0.2, 0.25) is 0 Å².